The summed E-state index contributed by atoms with van der Waals surface area (Å²) in [5.41, 5.74) is 1.75. The number of hydrogen-bond donors (Lipinski definition) is 1. The fraction of sp³-hybridized carbons (Fsp3) is 0.312. The zero-order valence-corrected chi connectivity index (χ0v) is 15.4. The number of rotatable bonds is 4. The summed E-state index contributed by atoms with van der Waals surface area (Å²) in [6.45, 7) is 2.30. The van der Waals surface area contributed by atoms with Crippen LogP contribution in [0.1, 0.15) is 18.4 Å². The summed E-state index contributed by atoms with van der Waals surface area (Å²) in [4.78, 5) is 12.6. The van der Waals surface area contributed by atoms with Crippen LogP contribution in [0.4, 0.5) is 5.69 Å². The molecule has 0 unspecified atom stereocenters. The largest absolute Gasteiger partial charge is 0.325 e. The molecule has 0 spiro atoms. The Morgan fingerprint density at radius 3 is 2.58 bits per heavy atom. The first-order valence-corrected chi connectivity index (χ1v) is 10.2. The van der Waals surface area contributed by atoms with Gasteiger partial charge in [-0.25, -0.2) is 8.42 Å². The van der Waals surface area contributed by atoms with Crippen LogP contribution in [0.15, 0.2) is 40.6 Å². The average molecular weight is 385 g/mol. The van der Waals surface area contributed by atoms with Crippen LogP contribution in [0.5, 0.6) is 0 Å². The van der Waals surface area contributed by atoms with Crippen molar-refractivity contribution in [3.63, 3.8) is 0 Å². The van der Waals surface area contributed by atoms with Gasteiger partial charge in [0.25, 0.3) is 10.0 Å². The molecule has 0 radical (unpaired) electrons. The Kier molecular flexibility index (Phi) is 4.96. The molecule has 1 saturated heterocycles. The normalized spacial score (nSPS) is 18.7. The number of carbonyl (C=O) groups excluding carboxylic acids is 1. The molecular formula is C16H17ClN2O3S2. The van der Waals surface area contributed by atoms with Crippen molar-refractivity contribution in [1.29, 1.82) is 0 Å². The number of benzene rings is 1. The molecular weight excluding hydrogens is 368 g/mol. The van der Waals surface area contributed by atoms with E-state index in [9.17, 15) is 13.2 Å². The summed E-state index contributed by atoms with van der Waals surface area (Å²) in [6.07, 6.45) is 1.17. The maximum absolute atomic E-state index is 12.8. The summed E-state index contributed by atoms with van der Waals surface area (Å²) in [5.74, 6) is -0.303. The van der Waals surface area contributed by atoms with Gasteiger partial charge in [0, 0.05) is 12.2 Å². The maximum atomic E-state index is 12.8. The predicted octanol–water partition coefficient (Wildman–Crippen LogP) is 3.50. The van der Waals surface area contributed by atoms with E-state index < -0.39 is 16.1 Å². The summed E-state index contributed by atoms with van der Waals surface area (Å²) in [6, 6.07) is 9.74. The summed E-state index contributed by atoms with van der Waals surface area (Å²) >= 11 is 6.85. The van der Waals surface area contributed by atoms with Crippen molar-refractivity contribution < 1.29 is 13.2 Å². The van der Waals surface area contributed by atoms with E-state index in [0.717, 1.165) is 16.9 Å². The number of anilines is 1. The maximum Gasteiger partial charge on any atom is 0.253 e. The van der Waals surface area contributed by atoms with Gasteiger partial charge in [-0.15, -0.1) is 11.3 Å². The van der Waals surface area contributed by atoms with E-state index in [1.54, 1.807) is 18.2 Å². The molecule has 1 aliphatic heterocycles. The SMILES string of the molecule is Cc1ccc(NC(=O)[C@@H]2CCCN2S(=O)(=O)c2ccc(Cl)s2)cc1. The van der Waals surface area contributed by atoms with Crippen molar-refractivity contribution in [2.24, 2.45) is 0 Å². The smallest absolute Gasteiger partial charge is 0.253 e. The lowest BCUT2D eigenvalue weighted by Crippen LogP contribution is -2.42. The van der Waals surface area contributed by atoms with E-state index in [-0.39, 0.29) is 10.1 Å². The fourth-order valence-corrected chi connectivity index (χ4v) is 5.97. The number of aryl methyl sites for hydroxylation is 1. The van der Waals surface area contributed by atoms with Crippen molar-refractivity contribution in [2.75, 3.05) is 11.9 Å². The molecule has 2 aromatic rings. The molecule has 1 aromatic heterocycles. The van der Waals surface area contributed by atoms with Crippen molar-refractivity contribution in [1.82, 2.24) is 4.31 Å². The molecule has 0 saturated carbocycles. The monoisotopic (exact) mass is 384 g/mol. The molecule has 1 aromatic carbocycles. The number of nitrogens with zero attached hydrogens (tertiary/aromatic N) is 1. The fourth-order valence-electron chi connectivity index (χ4n) is 2.70. The second kappa shape index (κ2) is 6.84. The first-order chi connectivity index (χ1) is 11.4. The van der Waals surface area contributed by atoms with Crippen LogP contribution in [-0.4, -0.2) is 31.2 Å². The average Bonchev–Trinajstić information content (AvgIpc) is 3.19. The highest BCUT2D eigenvalue weighted by molar-refractivity contribution is 7.91. The first-order valence-electron chi connectivity index (χ1n) is 7.52. The van der Waals surface area contributed by atoms with Gasteiger partial charge in [0.05, 0.1) is 4.34 Å². The van der Waals surface area contributed by atoms with Gasteiger partial charge in [-0.05, 0) is 44.0 Å². The van der Waals surface area contributed by atoms with Gasteiger partial charge in [0.15, 0.2) is 0 Å². The van der Waals surface area contributed by atoms with Gasteiger partial charge in [-0.3, -0.25) is 4.79 Å². The lowest BCUT2D eigenvalue weighted by atomic mass is 10.2. The Balaban J connectivity index is 1.80. The zero-order chi connectivity index (χ0) is 17.3. The minimum Gasteiger partial charge on any atom is -0.325 e. The van der Waals surface area contributed by atoms with Gasteiger partial charge >= 0.3 is 0 Å². The number of hydrogen-bond acceptors (Lipinski definition) is 4. The van der Waals surface area contributed by atoms with E-state index >= 15 is 0 Å². The van der Waals surface area contributed by atoms with Crippen LogP contribution in [0, 0.1) is 6.92 Å². The third-order valence-corrected chi connectivity index (χ3v) is 7.54. The van der Waals surface area contributed by atoms with Gasteiger partial charge in [0.1, 0.15) is 10.3 Å². The Hall–Kier alpha value is -1.41. The van der Waals surface area contributed by atoms with Crippen LogP contribution in [-0.2, 0) is 14.8 Å². The number of carbonyl (C=O) groups is 1. The molecule has 1 amide bonds. The van der Waals surface area contributed by atoms with E-state index in [1.807, 2.05) is 19.1 Å². The highest BCUT2D eigenvalue weighted by Crippen LogP contribution is 2.32. The van der Waals surface area contributed by atoms with E-state index in [2.05, 4.69) is 5.32 Å². The predicted molar refractivity (Wildman–Crippen MR) is 96.1 cm³/mol. The third-order valence-electron chi connectivity index (χ3n) is 3.94. The topological polar surface area (TPSA) is 66.5 Å². The number of amides is 1. The molecule has 1 N–H and O–H groups in total. The number of sulfonamides is 1. The quantitative estimate of drug-likeness (QED) is 0.877. The third kappa shape index (κ3) is 3.49. The number of thiophene rings is 1. The van der Waals surface area contributed by atoms with Gasteiger partial charge < -0.3 is 5.32 Å². The molecule has 128 valence electrons. The van der Waals surface area contributed by atoms with Crippen LogP contribution in [0.25, 0.3) is 0 Å². The zero-order valence-electron chi connectivity index (χ0n) is 13.0. The molecule has 1 atom stereocenters. The molecule has 2 heterocycles. The van der Waals surface area contributed by atoms with E-state index in [0.29, 0.717) is 29.4 Å². The minimum absolute atomic E-state index is 0.169. The van der Waals surface area contributed by atoms with Crippen molar-refractivity contribution in [3.8, 4) is 0 Å². The van der Waals surface area contributed by atoms with Crippen LogP contribution in [0.2, 0.25) is 4.34 Å². The van der Waals surface area contributed by atoms with Crippen molar-refractivity contribution in [3.05, 3.63) is 46.3 Å². The Labute approximate surface area is 150 Å². The standard InChI is InChI=1S/C16H17ClN2O3S2/c1-11-4-6-12(7-5-11)18-16(20)13-3-2-10-19(13)24(21,22)15-9-8-14(17)23-15/h4-9,13H,2-3,10H2,1H3,(H,18,20)/t13-/m0/s1. The molecule has 24 heavy (non-hydrogen) atoms. The number of nitrogens with one attached hydrogen (secondary N) is 1. The molecule has 1 aliphatic rings. The molecule has 1 fully saturated rings. The van der Waals surface area contributed by atoms with Crippen LogP contribution >= 0.6 is 22.9 Å². The van der Waals surface area contributed by atoms with E-state index in [1.165, 1.54) is 10.4 Å². The Bertz CT molecular complexity index is 846. The van der Waals surface area contributed by atoms with E-state index in [4.69, 9.17) is 11.6 Å². The Morgan fingerprint density at radius 1 is 1.25 bits per heavy atom. The summed E-state index contributed by atoms with van der Waals surface area (Å²) < 4.78 is 27.4. The lowest BCUT2D eigenvalue weighted by Gasteiger charge is -2.22. The van der Waals surface area contributed by atoms with Crippen molar-refractivity contribution >= 4 is 44.6 Å². The van der Waals surface area contributed by atoms with Crippen LogP contribution in [0.3, 0.4) is 0 Å². The molecule has 3 rings (SSSR count). The minimum atomic E-state index is -3.70. The molecule has 5 nitrogen and oxygen atoms in total. The second-order valence-electron chi connectivity index (χ2n) is 5.69. The Morgan fingerprint density at radius 2 is 1.96 bits per heavy atom. The lowest BCUT2D eigenvalue weighted by molar-refractivity contribution is -0.119. The highest BCUT2D eigenvalue weighted by atomic mass is 35.5. The van der Waals surface area contributed by atoms with Crippen LogP contribution < -0.4 is 5.32 Å². The van der Waals surface area contributed by atoms with Gasteiger partial charge in [-0.1, -0.05) is 29.3 Å². The molecule has 0 bridgehead atoms. The van der Waals surface area contributed by atoms with Crippen molar-refractivity contribution in [2.45, 2.75) is 30.0 Å². The molecule has 0 aliphatic carbocycles. The van der Waals surface area contributed by atoms with Gasteiger partial charge in [-0.2, -0.15) is 4.31 Å². The number of halogens is 1. The first kappa shape index (κ1) is 17.4. The molecule has 8 heteroatoms. The summed E-state index contributed by atoms with van der Waals surface area (Å²) in [7, 11) is -3.70. The van der Waals surface area contributed by atoms with Gasteiger partial charge in [0.2, 0.25) is 5.91 Å². The second-order valence-corrected chi connectivity index (χ2v) is 9.52. The highest BCUT2D eigenvalue weighted by Gasteiger charge is 2.40. The summed E-state index contributed by atoms with van der Waals surface area (Å²) in [5, 5.41) is 2.80.